The van der Waals surface area contributed by atoms with Gasteiger partial charge in [0.15, 0.2) is 5.78 Å². The second-order valence-corrected chi connectivity index (χ2v) is 4.03. The minimum absolute atomic E-state index is 0.00343. The first-order chi connectivity index (χ1) is 6.45. The fourth-order valence-electron chi connectivity index (χ4n) is 1.92. The quantitative estimate of drug-likeness (QED) is 0.497. The summed E-state index contributed by atoms with van der Waals surface area (Å²) < 4.78 is 0. The minimum Gasteiger partial charge on any atom is -0.299 e. The van der Waals surface area contributed by atoms with Gasteiger partial charge in [0.1, 0.15) is 5.78 Å². The molecule has 0 heterocycles. The highest BCUT2D eigenvalue weighted by atomic mass is 16.1. The maximum absolute atomic E-state index is 11.8. The molecule has 0 bridgehead atoms. The maximum Gasteiger partial charge on any atom is 0.169 e. The van der Waals surface area contributed by atoms with Crippen molar-refractivity contribution in [2.24, 2.45) is 11.8 Å². The van der Waals surface area contributed by atoms with Crippen LogP contribution in [0.3, 0.4) is 0 Å². The molecule has 2 nitrogen and oxygen atoms in total. The van der Waals surface area contributed by atoms with E-state index in [0.717, 1.165) is 12.0 Å². The lowest BCUT2D eigenvalue weighted by molar-refractivity contribution is -0.131. The number of carbonyl (C=O) groups is 2. The van der Waals surface area contributed by atoms with E-state index < -0.39 is 5.92 Å². The van der Waals surface area contributed by atoms with Crippen LogP contribution >= 0.6 is 0 Å². The van der Waals surface area contributed by atoms with Crippen LogP contribution in [0.2, 0.25) is 0 Å². The van der Waals surface area contributed by atoms with Crippen molar-refractivity contribution in [2.45, 2.75) is 27.2 Å². The fraction of sp³-hybridized carbons (Fsp3) is 0.500. The summed E-state index contributed by atoms with van der Waals surface area (Å²) in [5.41, 5.74) is 1.63. The largest absolute Gasteiger partial charge is 0.299 e. The van der Waals surface area contributed by atoms with Crippen LogP contribution in [-0.4, -0.2) is 11.6 Å². The second kappa shape index (κ2) is 3.91. The molecular formula is C12H16O2. The monoisotopic (exact) mass is 192 g/mol. The first kappa shape index (κ1) is 10.9. The molecule has 0 aliphatic heterocycles. The van der Waals surface area contributed by atoms with Crippen LogP contribution in [0.25, 0.3) is 0 Å². The molecule has 0 N–H and O–H groups in total. The Morgan fingerprint density at radius 3 is 2.50 bits per heavy atom. The zero-order valence-electron chi connectivity index (χ0n) is 8.96. The highest BCUT2D eigenvalue weighted by Gasteiger charge is 2.35. The Bertz CT molecular complexity index is 323. The van der Waals surface area contributed by atoms with Gasteiger partial charge in [-0.25, -0.2) is 0 Å². The third-order valence-electron chi connectivity index (χ3n) is 2.82. The van der Waals surface area contributed by atoms with E-state index >= 15 is 0 Å². The summed E-state index contributed by atoms with van der Waals surface area (Å²) in [6, 6.07) is 0. The molecule has 76 valence electrons. The second-order valence-electron chi connectivity index (χ2n) is 4.03. The highest BCUT2D eigenvalue weighted by molar-refractivity contribution is 6.10. The predicted octanol–water partition coefficient (Wildman–Crippen LogP) is 2.30. The highest BCUT2D eigenvalue weighted by Crippen LogP contribution is 2.31. The Balaban J connectivity index is 3.06. The molecule has 2 atom stereocenters. The molecule has 0 spiro atoms. The van der Waals surface area contributed by atoms with Crippen LogP contribution in [0.5, 0.6) is 0 Å². The Morgan fingerprint density at radius 2 is 2.07 bits per heavy atom. The molecule has 0 aromatic carbocycles. The van der Waals surface area contributed by atoms with Crippen molar-refractivity contribution < 1.29 is 9.59 Å². The van der Waals surface area contributed by atoms with Crippen molar-refractivity contribution >= 4 is 11.6 Å². The topological polar surface area (TPSA) is 34.1 Å². The third kappa shape index (κ3) is 1.84. The van der Waals surface area contributed by atoms with Gasteiger partial charge in [-0.2, -0.15) is 0 Å². The molecule has 0 saturated carbocycles. The average Bonchev–Trinajstić information content (AvgIpc) is 2.08. The molecule has 0 aromatic heterocycles. The molecule has 14 heavy (non-hydrogen) atoms. The van der Waals surface area contributed by atoms with Crippen LogP contribution < -0.4 is 0 Å². The number of carbonyl (C=O) groups excluding carboxylic acids is 2. The summed E-state index contributed by atoms with van der Waals surface area (Å²) in [4.78, 5) is 23.1. The lowest BCUT2D eigenvalue weighted by Gasteiger charge is -2.27. The first-order valence-electron chi connectivity index (χ1n) is 4.82. The summed E-state index contributed by atoms with van der Waals surface area (Å²) in [5.74, 6) is -0.562. The van der Waals surface area contributed by atoms with Crippen molar-refractivity contribution in [3.8, 4) is 0 Å². The Morgan fingerprint density at radius 1 is 1.50 bits per heavy atom. The van der Waals surface area contributed by atoms with Crippen LogP contribution in [0, 0.1) is 11.8 Å². The van der Waals surface area contributed by atoms with E-state index in [4.69, 9.17) is 0 Å². The zero-order chi connectivity index (χ0) is 10.9. The van der Waals surface area contributed by atoms with Gasteiger partial charge in [0.05, 0.1) is 5.92 Å². The third-order valence-corrected chi connectivity index (χ3v) is 2.82. The molecule has 0 saturated heterocycles. The number of rotatable bonds is 2. The van der Waals surface area contributed by atoms with E-state index in [1.54, 1.807) is 6.92 Å². The van der Waals surface area contributed by atoms with Gasteiger partial charge >= 0.3 is 0 Å². The van der Waals surface area contributed by atoms with Crippen molar-refractivity contribution in [1.82, 2.24) is 0 Å². The standard InChI is InChI=1S/C12H16O2/c1-7(2)10-6-5-8(3)12(14)11(10)9(4)13/h5,10-11H,1,6H2,2-4H3/t10-,11+/m1/s1. The van der Waals surface area contributed by atoms with Gasteiger partial charge in [-0.3, -0.25) is 9.59 Å². The van der Waals surface area contributed by atoms with Gasteiger partial charge < -0.3 is 0 Å². The minimum atomic E-state index is -0.488. The molecular weight excluding hydrogens is 176 g/mol. The Kier molecular flexibility index (Phi) is 3.04. The van der Waals surface area contributed by atoms with E-state index in [9.17, 15) is 9.59 Å². The fourth-order valence-corrected chi connectivity index (χ4v) is 1.92. The van der Waals surface area contributed by atoms with E-state index in [2.05, 4.69) is 6.58 Å². The number of hydrogen-bond donors (Lipinski definition) is 0. The zero-order valence-corrected chi connectivity index (χ0v) is 8.96. The lowest BCUT2D eigenvalue weighted by Crippen LogP contribution is -2.33. The molecule has 0 unspecified atom stereocenters. The van der Waals surface area contributed by atoms with Crippen molar-refractivity contribution in [3.63, 3.8) is 0 Å². The van der Waals surface area contributed by atoms with Gasteiger partial charge in [0.2, 0.25) is 0 Å². The number of Topliss-reactive ketones (excluding diaryl/α,β-unsaturated/α-hetero) is 2. The maximum atomic E-state index is 11.8. The first-order valence-corrected chi connectivity index (χ1v) is 4.82. The summed E-state index contributed by atoms with van der Waals surface area (Å²) in [7, 11) is 0. The number of hydrogen-bond acceptors (Lipinski definition) is 2. The van der Waals surface area contributed by atoms with E-state index in [-0.39, 0.29) is 17.5 Å². The molecule has 0 aromatic rings. The lowest BCUT2D eigenvalue weighted by atomic mass is 9.74. The summed E-state index contributed by atoms with van der Waals surface area (Å²) in [5, 5.41) is 0. The van der Waals surface area contributed by atoms with Crippen LogP contribution in [0.4, 0.5) is 0 Å². The normalized spacial score (nSPS) is 27.1. The molecule has 0 fully saturated rings. The molecule has 1 aliphatic rings. The summed E-state index contributed by atoms with van der Waals surface area (Å²) in [6.45, 7) is 8.97. The average molecular weight is 192 g/mol. The van der Waals surface area contributed by atoms with Gasteiger partial charge in [-0.1, -0.05) is 18.2 Å². The summed E-state index contributed by atoms with van der Waals surface area (Å²) in [6.07, 6.45) is 2.66. The SMILES string of the molecule is C=C(C)[C@H]1CC=C(C)C(=O)[C@H]1C(C)=O. The smallest absolute Gasteiger partial charge is 0.169 e. The number of allylic oxidation sites excluding steroid dienone is 3. The van der Waals surface area contributed by atoms with E-state index in [1.165, 1.54) is 6.92 Å². The van der Waals surface area contributed by atoms with Crippen LogP contribution in [-0.2, 0) is 9.59 Å². The Hall–Kier alpha value is -1.18. The van der Waals surface area contributed by atoms with Gasteiger partial charge in [-0.15, -0.1) is 0 Å². The van der Waals surface area contributed by atoms with Gasteiger partial charge in [0, 0.05) is 0 Å². The molecule has 1 aliphatic carbocycles. The Labute approximate surface area is 84.7 Å². The molecule has 2 heteroatoms. The number of ketones is 2. The summed E-state index contributed by atoms with van der Waals surface area (Å²) >= 11 is 0. The predicted molar refractivity (Wildman–Crippen MR) is 55.9 cm³/mol. The van der Waals surface area contributed by atoms with E-state index in [1.807, 2.05) is 13.0 Å². The van der Waals surface area contributed by atoms with Crippen molar-refractivity contribution in [3.05, 3.63) is 23.8 Å². The van der Waals surface area contributed by atoms with Gasteiger partial charge in [0.25, 0.3) is 0 Å². The molecule has 0 radical (unpaired) electrons. The van der Waals surface area contributed by atoms with Crippen molar-refractivity contribution in [1.29, 1.82) is 0 Å². The van der Waals surface area contributed by atoms with Crippen molar-refractivity contribution in [2.75, 3.05) is 0 Å². The van der Waals surface area contributed by atoms with Crippen LogP contribution in [0.1, 0.15) is 27.2 Å². The van der Waals surface area contributed by atoms with Gasteiger partial charge in [-0.05, 0) is 38.7 Å². The molecule has 1 rings (SSSR count). The van der Waals surface area contributed by atoms with E-state index in [0.29, 0.717) is 5.57 Å². The molecule has 0 amide bonds. The van der Waals surface area contributed by atoms with Crippen LogP contribution in [0.15, 0.2) is 23.8 Å².